The number of aryl methyl sites for hydroxylation is 1. The number of aromatic hydroxyl groups is 1. The zero-order valence-corrected chi connectivity index (χ0v) is 11.1. The summed E-state index contributed by atoms with van der Waals surface area (Å²) >= 11 is 6.07. The summed E-state index contributed by atoms with van der Waals surface area (Å²) in [6, 6.07) is 11.0. The first-order valence-electron chi connectivity index (χ1n) is 5.64. The number of benzene rings is 2. The number of carbonyl (C=O) groups is 1. The Labute approximate surface area is 116 Å². The van der Waals surface area contributed by atoms with Crippen LogP contribution in [0.4, 0.5) is 16.2 Å². The molecule has 2 amide bonds. The normalized spacial score (nSPS) is 10.2. The molecular formula is C14H13ClN2O2. The molecule has 0 saturated carbocycles. The number of carbonyl (C=O) groups excluding carboxylic acids is 1. The average molecular weight is 277 g/mol. The van der Waals surface area contributed by atoms with Gasteiger partial charge in [0, 0.05) is 0 Å². The van der Waals surface area contributed by atoms with Crippen LogP contribution in [0.3, 0.4) is 0 Å². The summed E-state index contributed by atoms with van der Waals surface area (Å²) in [4.78, 5) is 12.8. The average Bonchev–Trinajstić information content (AvgIpc) is 2.34. The van der Waals surface area contributed by atoms with Crippen LogP contribution in [-0.2, 0) is 0 Å². The fourth-order valence-electron chi connectivity index (χ4n) is 1.82. The Kier molecular flexibility index (Phi) is 3.62. The highest BCUT2D eigenvalue weighted by Gasteiger charge is 2.20. The number of nitrogens with two attached hydrogens (primary N) is 1. The van der Waals surface area contributed by atoms with Crippen LogP contribution in [-0.4, -0.2) is 11.1 Å². The molecule has 0 heterocycles. The maximum atomic E-state index is 11.7. The minimum atomic E-state index is -0.716. The Bertz CT molecular complexity index is 629. The quantitative estimate of drug-likeness (QED) is 0.880. The molecule has 0 radical (unpaired) electrons. The van der Waals surface area contributed by atoms with Crippen LogP contribution in [0.15, 0.2) is 42.5 Å². The minimum Gasteiger partial charge on any atom is -0.506 e. The van der Waals surface area contributed by atoms with E-state index in [9.17, 15) is 9.90 Å². The predicted molar refractivity (Wildman–Crippen MR) is 76.0 cm³/mol. The van der Waals surface area contributed by atoms with Gasteiger partial charge < -0.3 is 10.8 Å². The van der Waals surface area contributed by atoms with Crippen molar-refractivity contribution >= 4 is 29.0 Å². The number of primary amides is 1. The number of amides is 2. The van der Waals surface area contributed by atoms with E-state index in [1.165, 1.54) is 4.90 Å². The first kappa shape index (κ1) is 13.2. The van der Waals surface area contributed by atoms with Crippen molar-refractivity contribution in [2.45, 2.75) is 6.92 Å². The molecule has 2 aromatic carbocycles. The molecule has 0 bridgehead atoms. The Morgan fingerprint density at radius 3 is 2.47 bits per heavy atom. The Morgan fingerprint density at radius 1 is 1.21 bits per heavy atom. The van der Waals surface area contributed by atoms with Gasteiger partial charge >= 0.3 is 6.03 Å². The molecule has 0 spiro atoms. The number of nitrogens with zero attached hydrogens (tertiary/aromatic N) is 1. The fourth-order valence-corrected chi connectivity index (χ4v) is 2.04. The first-order valence-corrected chi connectivity index (χ1v) is 6.02. The fraction of sp³-hybridized carbons (Fsp3) is 0.0714. The van der Waals surface area contributed by atoms with Gasteiger partial charge in [-0.15, -0.1) is 0 Å². The summed E-state index contributed by atoms with van der Waals surface area (Å²) in [5.74, 6) is -0.0290. The molecule has 98 valence electrons. The summed E-state index contributed by atoms with van der Waals surface area (Å²) in [6.45, 7) is 1.84. The van der Waals surface area contributed by atoms with E-state index in [2.05, 4.69) is 0 Å². The van der Waals surface area contributed by atoms with E-state index in [1.54, 1.807) is 42.5 Å². The number of phenols is 1. The van der Waals surface area contributed by atoms with E-state index in [4.69, 9.17) is 17.3 Å². The van der Waals surface area contributed by atoms with E-state index >= 15 is 0 Å². The topological polar surface area (TPSA) is 66.6 Å². The molecule has 0 atom stereocenters. The van der Waals surface area contributed by atoms with E-state index in [0.717, 1.165) is 5.56 Å². The molecule has 2 aromatic rings. The first-order chi connectivity index (χ1) is 9.00. The highest BCUT2D eigenvalue weighted by Crippen LogP contribution is 2.36. The van der Waals surface area contributed by atoms with Crippen LogP contribution in [0.5, 0.6) is 5.75 Å². The van der Waals surface area contributed by atoms with Crippen molar-refractivity contribution < 1.29 is 9.90 Å². The maximum Gasteiger partial charge on any atom is 0.324 e. The highest BCUT2D eigenvalue weighted by atomic mass is 35.5. The minimum absolute atomic E-state index is 0.0290. The lowest BCUT2D eigenvalue weighted by molar-refractivity contribution is 0.256. The molecule has 4 nitrogen and oxygen atoms in total. The number of para-hydroxylation sites is 1. The molecular weight excluding hydrogens is 264 g/mol. The second-order valence-corrected chi connectivity index (χ2v) is 4.52. The molecule has 19 heavy (non-hydrogen) atoms. The van der Waals surface area contributed by atoms with Crippen LogP contribution < -0.4 is 10.6 Å². The standard InChI is InChI=1S/C14H13ClN2O2/c1-9-6-7-12(13(18)8-9)17(14(16)19)11-5-3-2-4-10(11)15/h2-8,18H,1H3,(H2,16,19). The Hall–Kier alpha value is -2.20. The van der Waals surface area contributed by atoms with Crippen molar-refractivity contribution in [2.75, 3.05) is 4.90 Å². The highest BCUT2D eigenvalue weighted by molar-refractivity contribution is 6.34. The largest absolute Gasteiger partial charge is 0.506 e. The van der Waals surface area contributed by atoms with E-state index in [-0.39, 0.29) is 5.75 Å². The number of hydrogen-bond donors (Lipinski definition) is 2. The lowest BCUT2D eigenvalue weighted by Gasteiger charge is -2.22. The van der Waals surface area contributed by atoms with Crippen molar-refractivity contribution in [3.63, 3.8) is 0 Å². The molecule has 3 N–H and O–H groups in total. The number of halogens is 1. The monoisotopic (exact) mass is 276 g/mol. The molecule has 0 aliphatic rings. The van der Waals surface area contributed by atoms with E-state index in [1.807, 2.05) is 6.92 Å². The summed E-state index contributed by atoms with van der Waals surface area (Å²) < 4.78 is 0. The number of rotatable bonds is 2. The van der Waals surface area contributed by atoms with Crippen molar-refractivity contribution in [3.8, 4) is 5.75 Å². The number of hydrogen-bond acceptors (Lipinski definition) is 2. The van der Waals surface area contributed by atoms with Gasteiger partial charge in [0.2, 0.25) is 0 Å². The van der Waals surface area contributed by atoms with Gasteiger partial charge in [-0.05, 0) is 36.8 Å². The lowest BCUT2D eigenvalue weighted by Crippen LogP contribution is -2.31. The molecule has 0 aliphatic heterocycles. The number of urea groups is 1. The van der Waals surface area contributed by atoms with Gasteiger partial charge in [-0.3, -0.25) is 4.90 Å². The third-order valence-electron chi connectivity index (χ3n) is 2.69. The Balaban J connectivity index is 2.59. The van der Waals surface area contributed by atoms with Crippen molar-refractivity contribution in [2.24, 2.45) is 5.73 Å². The second-order valence-electron chi connectivity index (χ2n) is 4.12. The van der Waals surface area contributed by atoms with Gasteiger partial charge in [0.05, 0.1) is 16.4 Å². The van der Waals surface area contributed by atoms with Crippen LogP contribution in [0.25, 0.3) is 0 Å². The zero-order chi connectivity index (χ0) is 14.0. The van der Waals surface area contributed by atoms with Crippen LogP contribution >= 0.6 is 11.6 Å². The van der Waals surface area contributed by atoms with Crippen molar-refractivity contribution in [1.29, 1.82) is 0 Å². The third-order valence-corrected chi connectivity index (χ3v) is 3.01. The van der Waals surface area contributed by atoms with Gasteiger partial charge in [0.25, 0.3) is 0 Å². The van der Waals surface area contributed by atoms with Crippen molar-refractivity contribution in [1.82, 2.24) is 0 Å². The number of anilines is 2. The summed E-state index contributed by atoms with van der Waals surface area (Å²) in [5.41, 5.74) is 7.00. The lowest BCUT2D eigenvalue weighted by atomic mass is 10.2. The van der Waals surface area contributed by atoms with Crippen LogP contribution in [0, 0.1) is 6.92 Å². The molecule has 0 fully saturated rings. The smallest absolute Gasteiger partial charge is 0.324 e. The SMILES string of the molecule is Cc1ccc(N(C(N)=O)c2ccccc2Cl)c(O)c1. The van der Waals surface area contributed by atoms with E-state index in [0.29, 0.717) is 16.4 Å². The third kappa shape index (κ3) is 2.63. The van der Waals surface area contributed by atoms with Crippen LogP contribution in [0.2, 0.25) is 5.02 Å². The molecule has 2 rings (SSSR count). The van der Waals surface area contributed by atoms with Gasteiger partial charge in [-0.2, -0.15) is 0 Å². The summed E-state index contributed by atoms with van der Waals surface area (Å²) in [6.07, 6.45) is 0. The van der Waals surface area contributed by atoms with E-state index < -0.39 is 6.03 Å². The van der Waals surface area contributed by atoms with Gasteiger partial charge in [-0.25, -0.2) is 4.79 Å². The Morgan fingerprint density at radius 2 is 1.89 bits per heavy atom. The van der Waals surface area contributed by atoms with Gasteiger partial charge in [0.1, 0.15) is 5.75 Å². The molecule has 5 heteroatoms. The summed E-state index contributed by atoms with van der Waals surface area (Å²) in [5, 5.41) is 10.3. The maximum absolute atomic E-state index is 11.7. The van der Waals surface area contributed by atoms with Crippen molar-refractivity contribution in [3.05, 3.63) is 53.1 Å². The van der Waals surface area contributed by atoms with Gasteiger partial charge in [-0.1, -0.05) is 29.8 Å². The molecule has 0 unspecified atom stereocenters. The number of phenolic OH excluding ortho intramolecular Hbond substituents is 1. The molecule has 0 aromatic heterocycles. The summed E-state index contributed by atoms with van der Waals surface area (Å²) in [7, 11) is 0. The second kappa shape index (κ2) is 5.20. The zero-order valence-electron chi connectivity index (χ0n) is 10.3. The predicted octanol–water partition coefficient (Wildman–Crippen LogP) is 3.57. The molecule has 0 saturated heterocycles. The van der Waals surface area contributed by atoms with Crippen LogP contribution in [0.1, 0.15) is 5.56 Å². The van der Waals surface area contributed by atoms with Gasteiger partial charge in [0.15, 0.2) is 0 Å². The molecule has 0 aliphatic carbocycles.